The van der Waals surface area contributed by atoms with Crippen LogP contribution in [0.25, 0.3) is 6.08 Å². The first-order chi connectivity index (χ1) is 9.49. The molecule has 0 saturated heterocycles. The largest absolute Gasteiger partial charge is 0.478 e. The molecule has 1 aliphatic rings. The molecule has 0 unspecified atom stereocenters. The number of aliphatic carboxylic acids is 1. The van der Waals surface area contributed by atoms with E-state index >= 15 is 0 Å². The first kappa shape index (κ1) is 14.9. The molecule has 4 heteroatoms. The fourth-order valence-corrected chi connectivity index (χ4v) is 2.62. The van der Waals surface area contributed by atoms with Gasteiger partial charge < -0.3 is 10.0 Å². The lowest BCUT2D eigenvalue weighted by molar-refractivity contribution is -0.131. The Labute approximate surface area is 124 Å². The zero-order valence-corrected chi connectivity index (χ0v) is 12.6. The van der Waals surface area contributed by atoms with Crippen LogP contribution in [0.5, 0.6) is 0 Å². The van der Waals surface area contributed by atoms with E-state index in [1.807, 2.05) is 18.2 Å². The van der Waals surface area contributed by atoms with Crippen LogP contribution in [0.15, 0.2) is 24.3 Å². The van der Waals surface area contributed by atoms with E-state index in [1.165, 1.54) is 12.8 Å². The van der Waals surface area contributed by atoms with Crippen LogP contribution in [0.1, 0.15) is 32.3 Å². The molecule has 0 atom stereocenters. The standard InChI is InChI=1S/C16H20ClNO2/c1-11(2)10-18(13-7-8-13)16-12(6-9-15(19)20)4-3-5-14(16)17/h3-6,9,11,13H,7-8,10H2,1-2H3,(H,19,20)/b9-6+. The quantitative estimate of drug-likeness (QED) is 0.804. The van der Waals surface area contributed by atoms with Crippen molar-refractivity contribution in [3.05, 3.63) is 34.9 Å². The maximum absolute atomic E-state index is 10.7. The summed E-state index contributed by atoms with van der Waals surface area (Å²) in [6, 6.07) is 6.17. The van der Waals surface area contributed by atoms with Crippen molar-refractivity contribution in [3.63, 3.8) is 0 Å². The minimum atomic E-state index is -0.947. The number of rotatable bonds is 6. The Morgan fingerprint density at radius 2 is 2.20 bits per heavy atom. The predicted octanol–water partition coefficient (Wildman–Crippen LogP) is 4.06. The first-order valence-corrected chi connectivity index (χ1v) is 7.33. The monoisotopic (exact) mass is 293 g/mol. The molecule has 1 aliphatic carbocycles. The van der Waals surface area contributed by atoms with Crippen LogP contribution in [0.2, 0.25) is 5.02 Å². The maximum Gasteiger partial charge on any atom is 0.328 e. The summed E-state index contributed by atoms with van der Waals surface area (Å²) in [4.78, 5) is 13.1. The summed E-state index contributed by atoms with van der Waals surface area (Å²) in [6.07, 6.45) is 5.15. The summed E-state index contributed by atoms with van der Waals surface area (Å²) in [5, 5.41) is 9.49. The minimum Gasteiger partial charge on any atom is -0.478 e. The lowest BCUT2D eigenvalue weighted by Gasteiger charge is -2.29. The van der Waals surface area contributed by atoms with E-state index in [2.05, 4.69) is 18.7 Å². The van der Waals surface area contributed by atoms with Gasteiger partial charge in [0.2, 0.25) is 0 Å². The molecule has 108 valence electrons. The van der Waals surface area contributed by atoms with E-state index in [0.29, 0.717) is 17.0 Å². The maximum atomic E-state index is 10.7. The van der Waals surface area contributed by atoms with Crippen LogP contribution in [-0.2, 0) is 4.79 Å². The van der Waals surface area contributed by atoms with Crippen molar-refractivity contribution in [3.8, 4) is 0 Å². The molecule has 0 bridgehead atoms. The molecule has 0 aromatic heterocycles. The highest BCUT2D eigenvalue weighted by atomic mass is 35.5. The van der Waals surface area contributed by atoms with E-state index in [1.54, 1.807) is 6.08 Å². The number of hydrogen-bond donors (Lipinski definition) is 1. The number of carbonyl (C=O) groups is 1. The molecule has 1 aromatic rings. The molecule has 1 saturated carbocycles. The molecule has 0 heterocycles. The molecule has 1 N–H and O–H groups in total. The Hall–Kier alpha value is -1.48. The smallest absolute Gasteiger partial charge is 0.328 e. The third kappa shape index (κ3) is 3.76. The molecule has 1 fully saturated rings. The number of carboxylic acid groups (broad SMARTS) is 1. The van der Waals surface area contributed by atoms with Gasteiger partial charge in [0.05, 0.1) is 10.7 Å². The minimum absolute atomic E-state index is 0.531. The highest BCUT2D eigenvalue weighted by Crippen LogP contribution is 2.39. The van der Waals surface area contributed by atoms with E-state index in [-0.39, 0.29) is 0 Å². The van der Waals surface area contributed by atoms with Crippen molar-refractivity contribution in [1.82, 2.24) is 0 Å². The Bertz CT molecular complexity index is 521. The molecule has 0 amide bonds. The zero-order chi connectivity index (χ0) is 14.7. The van der Waals surface area contributed by atoms with Crippen LogP contribution >= 0.6 is 11.6 Å². The van der Waals surface area contributed by atoms with Gasteiger partial charge in [-0.1, -0.05) is 37.6 Å². The molecule has 0 aliphatic heterocycles. The van der Waals surface area contributed by atoms with Crippen LogP contribution in [0.4, 0.5) is 5.69 Å². The summed E-state index contributed by atoms with van der Waals surface area (Å²) in [5.74, 6) is -0.416. The lowest BCUT2D eigenvalue weighted by atomic mass is 10.1. The third-order valence-corrected chi connectivity index (χ3v) is 3.57. The van der Waals surface area contributed by atoms with Gasteiger partial charge in [-0.3, -0.25) is 0 Å². The summed E-state index contributed by atoms with van der Waals surface area (Å²) >= 11 is 6.37. The second-order valence-corrected chi connectivity index (χ2v) is 6.03. The second-order valence-electron chi connectivity index (χ2n) is 5.63. The predicted molar refractivity (Wildman–Crippen MR) is 83.3 cm³/mol. The normalized spacial score (nSPS) is 15.0. The average molecular weight is 294 g/mol. The molecular formula is C16H20ClNO2. The summed E-state index contributed by atoms with van der Waals surface area (Å²) in [7, 11) is 0. The van der Waals surface area contributed by atoms with E-state index in [0.717, 1.165) is 23.9 Å². The van der Waals surface area contributed by atoms with Gasteiger partial charge in [0.1, 0.15) is 0 Å². The number of anilines is 1. The topological polar surface area (TPSA) is 40.5 Å². The van der Waals surface area contributed by atoms with Gasteiger partial charge >= 0.3 is 5.97 Å². The summed E-state index contributed by atoms with van der Waals surface area (Å²) < 4.78 is 0. The van der Waals surface area contributed by atoms with Crippen molar-refractivity contribution in [2.24, 2.45) is 5.92 Å². The van der Waals surface area contributed by atoms with Crippen LogP contribution in [0, 0.1) is 5.92 Å². The molecule has 0 spiro atoms. The Morgan fingerprint density at radius 3 is 2.75 bits per heavy atom. The molecule has 20 heavy (non-hydrogen) atoms. The number of carboxylic acids is 1. The van der Waals surface area contributed by atoms with E-state index in [9.17, 15) is 4.79 Å². The Morgan fingerprint density at radius 1 is 1.50 bits per heavy atom. The van der Waals surface area contributed by atoms with Gasteiger partial charge in [0, 0.05) is 18.7 Å². The van der Waals surface area contributed by atoms with Crippen LogP contribution in [0.3, 0.4) is 0 Å². The van der Waals surface area contributed by atoms with Crippen molar-refractivity contribution < 1.29 is 9.90 Å². The summed E-state index contributed by atoms with van der Waals surface area (Å²) in [5.41, 5.74) is 1.83. The fraction of sp³-hybridized carbons (Fsp3) is 0.438. The second kappa shape index (κ2) is 6.31. The number of nitrogens with zero attached hydrogens (tertiary/aromatic N) is 1. The van der Waals surface area contributed by atoms with Gasteiger partial charge in [0.25, 0.3) is 0 Å². The lowest BCUT2D eigenvalue weighted by Crippen LogP contribution is -2.30. The van der Waals surface area contributed by atoms with Gasteiger partial charge in [0.15, 0.2) is 0 Å². The third-order valence-electron chi connectivity index (χ3n) is 3.26. The highest BCUT2D eigenvalue weighted by Gasteiger charge is 2.31. The molecule has 3 nitrogen and oxygen atoms in total. The number of halogens is 1. The van der Waals surface area contributed by atoms with Crippen molar-refractivity contribution in [1.29, 1.82) is 0 Å². The average Bonchev–Trinajstić information content (AvgIpc) is 3.18. The van der Waals surface area contributed by atoms with Crippen molar-refractivity contribution >= 4 is 29.3 Å². The Kier molecular flexibility index (Phi) is 4.71. The molecule has 2 rings (SSSR count). The van der Waals surface area contributed by atoms with Gasteiger partial charge in [-0.05, 0) is 36.5 Å². The van der Waals surface area contributed by atoms with Gasteiger partial charge in [-0.2, -0.15) is 0 Å². The van der Waals surface area contributed by atoms with Gasteiger partial charge in [-0.25, -0.2) is 4.79 Å². The Balaban J connectivity index is 2.38. The first-order valence-electron chi connectivity index (χ1n) is 6.95. The van der Waals surface area contributed by atoms with Crippen molar-refractivity contribution in [2.75, 3.05) is 11.4 Å². The van der Waals surface area contributed by atoms with Crippen LogP contribution < -0.4 is 4.90 Å². The van der Waals surface area contributed by atoms with Gasteiger partial charge in [-0.15, -0.1) is 0 Å². The zero-order valence-electron chi connectivity index (χ0n) is 11.8. The SMILES string of the molecule is CC(C)CN(c1c(Cl)cccc1/C=C/C(=O)O)C1CC1. The molecule has 1 aromatic carbocycles. The number of hydrogen-bond acceptors (Lipinski definition) is 2. The van der Waals surface area contributed by atoms with Crippen LogP contribution in [-0.4, -0.2) is 23.7 Å². The summed E-state index contributed by atoms with van der Waals surface area (Å²) in [6.45, 7) is 5.29. The molecule has 0 radical (unpaired) electrons. The fourth-order valence-electron chi connectivity index (χ4n) is 2.33. The number of benzene rings is 1. The highest BCUT2D eigenvalue weighted by molar-refractivity contribution is 6.33. The van der Waals surface area contributed by atoms with E-state index < -0.39 is 5.97 Å². The molecular weight excluding hydrogens is 274 g/mol. The van der Waals surface area contributed by atoms with E-state index in [4.69, 9.17) is 16.7 Å². The number of para-hydroxylation sites is 1. The van der Waals surface area contributed by atoms with Crippen molar-refractivity contribution in [2.45, 2.75) is 32.7 Å².